The number of aromatic nitrogens is 3. The highest BCUT2D eigenvalue weighted by molar-refractivity contribution is 5.47. The Bertz CT molecular complexity index is 541. The first-order valence-electron chi connectivity index (χ1n) is 7.30. The van der Waals surface area contributed by atoms with Crippen LogP contribution >= 0.6 is 0 Å². The van der Waals surface area contributed by atoms with E-state index in [2.05, 4.69) is 27.4 Å². The maximum Gasteiger partial charge on any atom is 0.233 e. The predicted octanol–water partition coefficient (Wildman–Crippen LogP) is 2.55. The van der Waals surface area contributed by atoms with Crippen LogP contribution in [0.15, 0.2) is 28.9 Å². The maximum absolute atomic E-state index is 5.59. The normalized spacial score (nSPS) is 18.1. The largest absolute Gasteiger partial charge is 0.338 e. The molecular weight excluding hydrogens is 252 g/mol. The van der Waals surface area contributed by atoms with Gasteiger partial charge in [-0.05, 0) is 44.5 Å². The van der Waals surface area contributed by atoms with E-state index in [0.717, 1.165) is 50.4 Å². The fourth-order valence-electron chi connectivity index (χ4n) is 2.99. The van der Waals surface area contributed by atoms with Crippen molar-refractivity contribution in [1.82, 2.24) is 20.4 Å². The zero-order valence-electron chi connectivity index (χ0n) is 11.8. The highest BCUT2D eigenvalue weighted by atomic mass is 16.5. The van der Waals surface area contributed by atoms with Crippen LogP contribution in [-0.2, 0) is 5.41 Å². The van der Waals surface area contributed by atoms with Crippen molar-refractivity contribution in [3.63, 3.8) is 0 Å². The number of nitrogens with one attached hydrogen (secondary N) is 1. The molecule has 1 N–H and O–H groups in total. The third-order valence-corrected chi connectivity index (χ3v) is 4.06. The van der Waals surface area contributed by atoms with Gasteiger partial charge in [-0.2, -0.15) is 4.98 Å². The summed E-state index contributed by atoms with van der Waals surface area (Å²) in [6.07, 6.45) is 6.09. The molecular formula is C15H20N4O. The molecule has 1 aliphatic heterocycles. The molecule has 0 bridgehead atoms. The smallest absolute Gasteiger partial charge is 0.233 e. The van der Waals surface area contributed by atoms with E-state index in [4.69, 9.17) is 4.52 Å². The predicted molar refractivity (Wildman–Crippen MR) is 76.2 cm³/mol. The average Bonchev–Trinajstić information content (AvgIpc) is 3.00. The van der Waals surface area contributed by atoms with Crippen molar-refractivity contribution < 1.29 is 4.52 Å². The Morgan fingerprint density at radius 2 is 2.15 bits per heavy atom. The second-order valence-corrected chi connectivity index (χ2v) is 5.42. The number of rotatable bonds is 4. The molecule has 5 nitrogen and oxygen atoms in total. The lowest BCUT2D eigenvalue weighted by molar-refractivity contribution is 0.208. The van der Waals surface area contributed by atoms with Crippen LogP contribution in [0, 0.1) is 0 Å². The summed E-state index contributed by atoms with van der Waals surface area (Å²) in [5.74, 6) is 1.37. The summed E-state index contributed by atoms with van der Waals surface area (Å²) in [5, 5.41) is 7.52. The molecule has 0 spiro atoms. The van der Waals surface area contributed by atoms with Gasteiger partial charge < -0.3 is 9.84 Å². The first-order chi connectivity index (χ1) is 9.84. The third-order valence-electron chi connectivity index (χ3n) is 4.06. The Labute approximate surface area is 118 Å². The van der Waals surface area contributed by atoms with Gasteiger partial charge in [-0.15, -0.1) is 0 Å². The minimum Gasteiger partial charge on any atom is -0.338 e. The van der Waals surface area contributed by atoms with Crippen molar-refractivity contribution in [3.8, 4) is 11.5 Å². The van der Waals surface area contributed by atoms with E-state index in [-0.39, 0.29) is 5.41 Å². The van der Waals surface area contributed by atoms with Crippen LogP contribution in [0.4, 0.5) is 0 Å². The second-order valence-electron chi connectivity index (χ2n) is 5.42. The van der Waals surface area contributed by atoms with Gasteiger partial charge in [0.15, 0.2) is 0 Å². The maximum atomic E-state index is 5.59. The van der Waals surface area contributed by atoms with Gasteiger partial charge in [-0.25, -0.2) is 0 Å². The van der Waals surface area contributed by atoms with Gasteiger partial charge in [0.05, 0.1) is 5.41 Å². The second kappa shape index (κ2) is 5.71. The summed E-state index contributed by atoms with van der Waals surface area (Å²) >= 11 is 0. The van der Waals surface area contributed by atoms with Gasteiger partial charge >= 0.3 is 0 Å². The van der Waals surface area contributed by atoms with Gasteiger partial charge in [0.2, 0.25) is 11.7 Å². The quantitative estimate of drug-likeness (QED) is 0.926. The van der Waals surface area contributed by atoms with Crippen LogP contribution in [0.5, 0.6) is 0 Å². The molecule has 2 aromatic rings. The first-order valence-corrected chi connectivity index (χ1v) is 7.30. The minimum absolute atomic E-state index is 0.0417. The lowest BCUT2D eigenvalue weighted by Gasteiger charge is -2.34. The SMILES string of the molecule is CCCC1(c2nc(-c3ccccn3)no2)CCNCC1. The number of nitrogens with zero attached hydrogens (tertiary/aromatic N) is 3. The topological polar surface area (TPSA) is 63.8 Å². The fraction of sp³-hybridized carbons (Fsp3) is 0.533. The van der Waals surface area contributed by atoms with E-state index >= 15 is 0 Å². The summed E-state index contributed by atoms with van der Waals surface area (Å²) in [4.78, 5) is 8.91. The van der Waals surface area contributed by atoms with Gasteiger partial charge in [0.1, 0.15) is 5.69 Å². The highest BCUT2D eigenvalue weighted by Gasteiger charge is 2.38. The minimum atomic E-state index is 0.0417. The monoisotopic (exact) mass is 272 g/mol. The van der Waals surface area contributed by atoms with Crippen LogP contribution in [-0.4, -0.2) is 28.2 Å². The fourth-order valence-corrected chi connectivity index (χ4v) is 2.99. The summed E-state index contributed by atoms with van der Waals surface area (Å²) in [5.41, 5.74) is 0.808. The van der Waals surface area contributed by atoms with E-state index in [1.165, 1.54) is 0 Å². The van der Waals surface area contributed by atoms with Crippen LogP contribution in [0.1, 0.15) is 38.5 Å². The molecule has 1 aliphatic rings. The standard InChI is InChI=1S/C15H20N4O/c1-2-6-15(7-10-16-11-8-15)14-18-13(19-20-14)12-5-3-4-9-17-12/h3-5,9,16H,2,6-8,10-11H2,1H3. The van der Waals surface area contributed by atoms with Gasteiger partial charge in [0.25, 0.3) is 0 Å². The third kappa shape index (κ3) is 2.45. The van der Waals surface area contributed by atoms with Crippen LogP contribution in [0.3, 0.4) is 0 Å². The van der Waals surface area contributed by atoms with Crippen LogP contribution in [0.25, 0.3) is 11.5 Å². The Hall–Kier alpha value is -1.75. The van der Waals surface area contributed by atoms with E-state index in [1.54, 1.807) is 6.20 Å². The molecule has 0 atom stereocenters. The Balaban J connectivity index is 1.91. The number of hydrogen-bond donors (Lipinski definition) is 1. The first kappa shape index (κ1) is 13.2. The van der Waals surface area contributed by atoms with Crippen molar-refractivity contribution in [1.29, 1.82) is 0 Å². The molecule has 1 saturated heterocycles. The van der Waals surface area contributed by atoms with Crippen molar-refractivity contribution in [3.05, 3.63) is 30.3 Å². The highest BCUT2D eigenvalue weighted by Crippen LogP contribution is 2.37. The molecule has 0 saturated carbocycles. The molecule has 0 aromatic carbocycles. The molecule has 0 radical (unpaired) electrons. The molecule has 2 aromatic heterocycles. The molecule has 1 fully saturated rings. The Kier molecular flexibility index (Phi) is 3.78. The van der Waals surface area contributed by atoms with E-state index in [9.17, 15) is 0 Å². The summed E-state index contributed by atoms with van der Waals surface area (Å²) in [6, 6.07) is 5.73. The molecule has 0 amide bonds. The molecule has 3 rings (SSSR count). The Morgan fingerprint density at radius 1 is 1.30 bits per heavy atom. The number of piperidine rings is 1. The van der Waals surface area contributed by atoms with Gasteiger partial charge in [-0.1, -0.05) is 24.6 Å². The lowest BCUT2D eigenvalue weighted by atomic mass is 9.75. The van der Waals surface area contributed by atoms with Crippen molar-refractivity contribution in [2.45, 2.75) is 38.0 Å². The Morgan fingerprint density at radius 3 is 2.85 bits per heavy atom. The average molecular weight is 272 g/mol. The van der Waals surface area contributed by atoms with Crippen LogP contribution < -0.4 is 5.32 Å². The van der Waals surface area contributed by atoms with Gasteiger partial charge in [-0.3, -0.25) is 4.98 Å². The molecule has 106 valence electrons. The van der Waals surface area contributed by atoms with Crippen molar-refractivity contribution >= 4 is 0 Å². The lowest BCUT2D eigenvalue weighted by Crippen LogP contribution is -2.40. The molecule has 0 aliphatic carbocycles. The zero-order chi connectivity index (χ0) is 13.8. The zero-order valence-corrected chi connectivity index (χ0v) is 11.8. The van der Waals surface area contributed by atoms with E-state index in [0.29, 0.717) is 5.82 Å². The van der Waals surface area contributed by atoms with Crippen molar-refractivity contribution in [2.24, 2.45) is 0 Å². The molecule has 3 heterocycles. The molecule has 20 heavy (non-hydrogen) atoms. The van der Waals surface area contributed by atoms with Gasteiger partial charge in [0, 0.05) is 6.20 Å². The summed E-state index contributed by atoms with van der Waals surface area (Å²) < 4.78 is 5.59. The summed E-state index contributed by atoms with van der Waals surface area (Å²) in [6.45, 7) is 4.24. The number of pyridine rings is 1. The molecule has 0 unspecified atom stereocenters. The summed E-state index contributed by atoms with van der Waals surface area (Å²) in [7, 11) is 0. The van der Waals surface area contributed by atoms with Crippen molar-refractivity contribution in [2.75, 3.05) is 13.1 Å². The van der Waals surface area contributed by atoms with Crippen LogP contribution in [0.2, 0.25) is 0 Å². The van der Waals surface area contributed by atoms with E-state index in [1.807, 2.05) is 18.2 Å². The number of hydrogen-bond acceptors (Lipinski definition) is 5. The molecule has 5 heteroatoms. The van der Waals surface area contributed by atoms with E-state index < -0.39 is 0 Å².